The fraction of sp³-hybridized carbons (Fsp3) is 0.0556. The molecule has 0 heterocycles. The van der Waals surface area contributed by atoms with E-state index in [-0.39, 0.29) is 11.3 Å². The second kappa shape index (κ2) is 6.93. The zero-order valence-corrected chi connectivity index (χ0v) is 12.4. The van der Waals surface area contributed by atoms with E-state index in [9.17, 15) is 9.90 Å². The first-order chi connectivity index (χ1) is 11.0. The number of aliphatic hydroxyl groups is 1. The van der Waals surface area contributed by atoms with Crippen LogP contribution < -0.4 is 5.32 Å². The van der Waals surface area contributed by atoms with Crippen LogP contribution in [0.4, 0.5) is 5.69 Å². The number of hydrogen-bond acceptors (Lipinski definition) is 4. The standard InChI is InChI=1S/C18H13N3O2/c1-12(22)17(11-20)18(23)21-16-7-5-14(6-8-16)15-4-2-3-13(9-15)10-19/h2-9,22H,1H3,(H,21,23)/b17-12+. The molecule has 0 saturated heterocycles. The van der Waals surface area contributed by atoms with Crippen LogP contribution in [0.25, 0.3) is 11.1 Å². The molecule has 2 rings (SSSR count). The Morgan fingerprint density at radius 2 is 1.78 bits per heavy atom. The number of hydrogen-bond donors (Lipinski definition) is 2. The van der Waals surface area contributed by atoms with Gasteiger partial charge in [-0.2, -0.15) is 10.5 Å². The van der Waals surface area contributed by atoms with Gasteiger partial charge < -0.3 is 10.4 Å². The molecule has 0 aliphatic heterocycles. The largest absolute Gasteiger partial charge is 0.511 e. The van der Waals surface area contributed by atoms with Crippen molar-refractivity contribution in [1.29, 1.82) is 10.5 Å². The lowest BCUT2D eigenvalue weighted by Crippen LogP contribution is -2.14. The molecule has 0 aliphatic carbocycles. The third kappa shape index (κ3) is 3.75. The van der Waals surface area contributed by atoms with Crippen molar-refractivity contribution in [3.8, 4) is 23.3 Å². The van der Waals surface area contributed by atoms with Crippen LogP contribution in [0.3, 0.4) is 0 Å². The topological polar surface area (TPSA) is 96.9 Å². The van der Waals surface area contributed by atoms with Gasteiger partial charge >= 0.3 is 0 Å². The summed E-state index contributed by atoms with van der Waals surface area (Å²) >= 11 is 0. The second-order valence-electron chi connectivity index (χ2n) is 4.80. The Bertz CT molecular complexity index is 849. The molecule has 112 valence electrons. The van der Waals surface area contributed by atoms with Crippen LogP contribution in [0.2, 0.25) is 0 Å². The van der Waals surface area contributed by atoms with Crippen molar-refractivity contribution in [2.75, 3.05) is 5.32 Å². The first-order valence-corrected chi connectivity index (χ1v) is 6.77. The van der Waals surface area contributed by atoms with E-state index >= 15 is 0 Å². The van der Waals surface area contributed by atoms with Gasteiger partial charge in [0.1, 0.15) is 11.8 Å². The number of nitriles is 2. The molecule has 0 bridgehead atoms. The number of carbonyl (C=O) groups excluding carboxylic acids is 1. The predicted molar refractivity (Wildman–Crippen MR) is 86.2 cm³/mol. The minimum atomic E-state index is -0.660. The van der Waals surface area contributed by atoms with Crippen molar-refractivity contribution < 1.29 is 9.90 Å². The summed E-state index contributed by atoms with van der Waals surface area (Å²) in [5.41, 5.74) is 2.54. The summed E-state index contributed by atoms with van der Waals surface area (Å²) in [6, 6.07) is 17.9. The van der Waals surface area contributed by atoms with Crippen molar-refractivity contribution in [1.82, 2.24) is 0 Å². The number of aliphatic hydroxyl groups excluding tert-OH is 1. The number of allylic oxidation sites excluding steroid dienone is 1. The molecule has 23 heavy (non-hydrogen) atoms. The molecule has 2 aromatic rings. The van der Waals surface area contributed by atoms with E-state index in [1.807, 2.05) is 6.07 Å². The van der Waals surface area contributed by atoms with Crippen LogP contribution in [0.15, 0.2) is 59.9 Å². The lowest BCUT2D eigenvalue weighted by Gasteiger charge is -2.07. The number of nitrogens with one attached hydrogen (secondary N) is 1. The van der Waals surface area contributed by atoms with Crippen LogP contribution in [0.5, 0.6) is 0 Å². The minimum Gasteiger partial charge on any atom is -0.511 e. The number of carbonyl (C=O) groups is 1. The smallest absolute Gasteiger partial charge is 0.269 e. The lowest BCUT2D eigenvalue weighted by atomic mass is 10.0. The Hall–Kier alpha value is -3.57. The monoisotopic (exact) mass is 303 g/mol. The summed E-state index contributed by atoms with van der Waals surface area (Å²) in [5.74, 6) is -0.985. The Labute approximate surface area is 133 Å². The molecular formula is C18H13N3O2. The molecule has 5 nitrogen and oxygen atoms in total. The maximum absolute atomic E-state index is 11.8. The van der Waals surface area contributed by atoms with Crippen LogP contribution in [0, 0.1) is 22.7 Å². The third-order valence-corrected chi connectivity index (χ3v) is 3.17. The molecule has 0 aliphatic rings. The summed E-state index contributed by atoms with van der Waals surface area (Å²) in [5, 5.41) is 29.6. The van der Waals surface area contributed by atoms with Gasteiger partial charge in [-0.1, -0.05) is 24.3 Å². The van der Waals surface area contributed by atoms with Crippen LogP contribution >= 0.6 is 0 Å². The highest BCUT2D eigenvalue weighted by Crippen LogP contribution is 2.22. The molecule has 0 aromatic heterocycles. The zero-order chi connectivity index (χ0) is 16.8. The summed E-state index contributed by atoms with van der Waals surface area (Å²) in [4.78, 5) is 11.8. The van der Waals surface area contributed by atoms with Gasteiger partial charge in [0.05, 0.1) is 11.6 Å². The summed E-state index contributed by atoms with van der Waals surface area (Å²) in [7, 11) is 0. The minimum absolute atomic E-state index is 0.323. The number of rotatable bonds is 3. The fourth-order valence-electron chi connectivity index (χ4n) is 2.00. The summed E-state index contributed by atoms with van der Waals surface area (Å²) in [6.45, 7) is 1.28. The quantitative estimate of drug-likeness (QED) is 0.515. The maximum atomic E-state index is 11.8. The maximum Gasteiger partial charge on any atom is 0.269 e. The van der Waals surface area contributed by atoms with Crippen LogP contribution in [-0.2, 0) is 4.79 Å². The van der Waals surface area contributed by atoms with E-state index in [0.717, 1.165) is 11.1 Å². The molecule has 0 spiro atoms. The first kappa shape index (κ1) is 15.8. The average molecular weight is 303 g/mol. The second-order valence-corrected chi connectivity index (χ2v) is 4.80. The van der Waals surface area contributed by atoms with Gasteiger partial charge in [0.25, 0.3) is 5.91 Å². The Morgan fingerprint density at radius 1 is 1.09 bits per heavy atom. The molecule has 0 atom stereocenters. The van der Waals surface area contributed by atoms with Gasteiger partial charge in [-0.3, -0.25) is 4.79 Å². The van der Waals surface area contributed by atoms with E-state index < -0.39 is 5.91 Å². The van der Waals surface area contributed by atoms with Crippen molar-refractivity contribution in [3.63, 3.8) is 0 Å². The van der Waals surface area contributed by atoms with Gasteiger partial charge in [0, 0.05) is 5.69 Å². The third-order valence-electron chi connectivity index (χ3n) is 3.17. The normalized spacial score (nSPS) is 10.9. The van der Waals surface area contributed by atoms with Gasteiger partial charge in [0.2, 0.25) is 0 Å². The first-order valence-electron chi connectivity index (χ1n) is 6.77. The SMILES string of the molecule is C/C(O)=C(/C#N)C(=O)Nc1ccc(-c2cccc(C#N)c2)cc1. The highest BCUT2D eigenvalue weighted by atomic mass is 16.3. The molecule has 0 fully saturated rings. The molecule has 2 N–H and O–H groups in total. The zero-order valence-electron chi connectivity index (χ0n) is 12.4. The molecule has 2 aromatic carbocycles. The van der Waals surface area contributed by atoms with E-state index in [1.54, 1.807) is 48.5 Å². The molecule has 0 unspecified atom stereocenters. The number of anilines is 1. The fourth-order valence-corrected chi connectivity index (χ4v) is 2.00. The number of nitrogens with zero attached hydrogens (tertiary/aromatic N) is 2. The average Bonchev–Trinajstić information content (AvgIpc) is 2.56. The summed E-state index contributed by atoms with van der Waals surface area (Å²) in [6.07, 6.45) is 0. The molecule has 0 radical (unpaired) electrons. The predicted octanol–water partition coefficient (Wildman–Crippen LogP) is 3.52. The van der Waals surface area contributed by atoms with Gasteiger partial charge in [-0.15, -0.1) is 0 Å². The number of amides is 1. The van der Waals surface area contributed by atoms with Crippen molar-refractivity contribution >= 4 is 11.6 Å². The molecule has 0 saturated carbocycles. The molecule has 1 amide bonds. The van der Waals surface area contributed by atoms with Crippen molar-refractivity contribution in [3.05, 3.63) is 65.4 Å². The van der Waals surface area contributed by atoms with Crippen molar-refractivity contribution in [2.45, 2.75) is 6.92 Å². The molecular weight excluding hydrogens is 290 g/mol. The van der Waals surface area contributed by atoms with Gasteiger partial charge in [-0.25, -0.2) is 0 Å². The van der Waals surface area contributed by atoms with E-state index in [1.165, 1.54) is 6.92 Å². The number of benzene rings is 2. The van der Waals surface area contributed by atoms with E-state index in [4.69, 9.17) is 10.5 Å². The van der Waals surface area contributed by atoms with Crippen molar-refractivity contribution in [2.24, 2.45) is 0 Å². The van der Waals surface area contributed by atoms with E-state index in [0.29, 0.717) is 11.3 Å². The van der Waals surface area contributed by atoms with Gasteiger partial charge in [-0.05, 0) is 42.3 Å². The molecule has 5 heteroatoms. The highest BCUT2D eigenvalue weighted by molar-refractivity contribution is 6.06. The Morgan fingerprint density at radius 3 is 2.35 bits per heavy atom. The summed E-state index contributed by atoms with van der Waals surface area (Å²) < 4.78 is 0. The van der Waals surface area contributed by atoms with Crippen LogP contribution in [-0.4, -0.2) is 11.0 Å². The Balaban J connectivity index is 2.20. The van der Waals surface area contributed by atoms with Gasteiger partial charge in [0.15, 0.2) is 5.57 Å². The van der Waals surface area contributed by atoms with Crippen LogP contribution in [0.1, 0.15) is 12.5 Å². The lowest BCUT2D eigenvalue weighted by molar-refractivity contribution is -0.112. The Kier molecular flexibility index (Phi) is 4.76. The van der Waals surface area contributed by atoms with E-state index in [2.05, 4.69) is 11.4 Å². The highest BCUT2D eigenvalue weighted by Gasteiger charge is 2.12.